The first-order chi connectivity index (χ1) is 9.24. The molecule has 2 N–H and O–H groups in total. The van der Waals surface area contributed by atoms with Gasteiger partial charge in [0.15, 0.2) is 0 Å². The van der Waals surface area contributed by atoms with Gasteiger partial charge in [-0.25, -0.2) is 0 Å². The number of aliphatic imine (C=N–C) groups is 1. The zero-order valence-electron chi connectivity index (χ0n) is 12.9. The van der Waals surface area contributed by atoms with Crippen LogP contribution in [0.4, 0.5) is 0 Å². The molecule has 0 fully saturated rings. The number of rotatable bonds is 12. The molecule has 0 saturated carbocycles. The first kappa shape index (κ1) is 18.1. The van der Waals surface area contributed by atoms with Crippen molar-refractivity contribution in [3.63, 3.8) is 0 Å². The average molecular weight is 269 g/mol. The number of nitrogens with zero attached hydrogens (tertiary/aromatic N) is 2. The maximum Gasteiger partial charge on any atom is 0.0778 e. The van der Waals surface area contributed by atoms with Gasteiger partial charge >= 0.3 is 0 Å². The highest BCUT2D eigenvalue weighted by Crippen LogP contribution is 2.12. The standard InChI is InChI=1S/C15H31N3O/c1-4-11-19-12-10-17-13-15(18-16)9-7-6-8-14(3)5-2/h13-14H,4-12,16H2,1-3H3/b17-13?,18-15-. The average Bonchev–Trinajstić information content (AvgIpc) is 2.44. The zero-order chi connectivity index (χ0) is 14.3. The summed E-state index contributed by atoms with van der Waals surface area (Å²) < 4.78 is 5.35. The van der Waals surface area contributed by atoms with Crippen molar-refractivity contribution in [3.05, 3.63) is 0 Å². The van der Waals surface area contributed by atoms with E-state index >= 15 is 0 Å². The fourth-order valence-electron chi connectivity index (χ4n) is 1.70. The van der Waals surface area contributed by atoms with E-state index in [0.717, 1.165) is 37.5 Å². The van der Waals surface area contributed by atoms with Crippen molar-refractivity contribution < 1.29 is 4.74 Å². The quantitative estimate of drug-likeness (QED) is 0.255. The second kappa shape index (κ2) is 13.5. The summed E-state index contributed by atoms with van der Waals surface area (Å²) in [7, 11) is 0. The second-order valence-corrected chi connectivity index (χ2v) is 5.03. The molecular weight excluding hydrogens is 238 g/mol. The molecule has 0 heterocycles. The van der Waals surface area contributed by atoms with Crippen LogP contribution in [0.3, 0.4) is 0 Å². The highest BCUT2D eigenvalue weighted by Gasteiger charge is 2.00. The molecule has 0 aromatic rings. The van der Waals surface area contributed by atoms with Gasteiger partial charge in [0, 0.05) is 12.8 Å². The molecule has 0 aliphatic rings. The molecule has 1 atom stereocenters. The number of unbranched alkanes of at least 4 members (excludes halogenated alkanes) is 1. The van der Waals surface area contributed by atoms with Gasteiger partial charge in [0.25, 0.3) is 0 Å². The molecular formula is C15H31N3O. The lowest BCUT2D eigenvalue weighted by Crippen LogP contribution is -2.06. The number of nitrogens with two attached hydrogens (primary N) is 1. The largest absolute Gasteiger partial charge is 0.380 e. The molecule has 1 unspecified atom stereocenters. The van der Waals surface area contributed by atoms with Crippen LogP contribution in [0.25, 0.3) is 0 Å². The lowest BCUT2D eigenvalue weighted by Gasteiger charge is -2.07. The van der Waals surface area contributed by atoms with Gasteiger partial charge in [-0.05, 0) is 25.2 Å². The highest BCUT2D eigenvalue weighted by molar-refractivity contribution is 6.30. The van der Waals surface area contributed by atoms with Crippen LogP contribution in [-0.4, -0.2) is 31.7 Å². The Bertz CT molecular complexity index is 252. The smallest absolute Gasteiger partial charge is 0.0778 e. The summed E-state index contributed by atoms with van der Waals surface area (Å²) in [6.45, 7) is 8.81. The third-order valence-corrected chi connectivity index (χ3v) is 3.20. The third kappa shape index (κ3) is 11.9. The Morgan fingerprint density at radius 3 is 2.68 bits per heavy atom. The van der Waals surface area contributed by atoms with Gasteiger partial charge in [0.1, 0.15) is 0 Å². The number of hydrogen-bond donors (Lipinski definition) is 1. The molecule has 0 aromatic carbocycles. The fourth-order valence-corrected chi connectivity index (χ4v) is 1.70. The Kier molecular flexibility index (Phi) is 12.9. The third-order valence-electron chi connectivity index (χ3n) is 3.20. The molecule has 0 amide bonds. The molecule has 19 heavy (non-hydrogen) atoms. The molecule has 4 nitrogen and oxygen atoms in total. The molecule has 4 heteroatoms. The Morgan fingerprint density at radius 1 is 1.26 bits per heavy atom. The van der Waals surface area contributed by atoms with E-state index in [1.807, 2.05) is 0 Å². The molecule has 0 aliphatic heterocycles. The summed E-state index contributed by atoms with van der Waals surface area (Å²) in [5.41, 5.74) is 0.889. The van der Waals surface area contributed by atoms with E-state index in [1.54, 1.807) is 6.21 Å². The summed E-state index contributed by atoms with van der Waals surface area (Å²) in [4.78, 5) is 4.28. The van der Waals surface area contributed by atoms with Gasteiger partial charge in [-0.3, -0.25) is 4.99 Å². The monoisotopic (exact) mass is 269 g/mol. The maximum atomic E-state index is 5.37. The molecule has 0 saturated heterocycles. The second-order valence-electron chi connectivity index (χ2n) is 5.03. The van der Waals surface area contributed by atoms with Crippen LogP contribution in [0.15, 0.2) is 10.1 Å². The van der Waals surface area contributed by atoms with Gasteiger partial charge in [0.05, 0.1) is 18.9 Å². The van der Waals surface area contributed by atoms with Crippen LogP contribution >= 0.6 is 0 Å². The van der Waals surface area contributed by atoms with Crippen molar-refractivity contribution in [1.29, 1.82) is 0 Å². The van der Waals surface area contributed by atoms with E-state index in [-0.39, 0.29) is 0 Å². The van der Waals surface area contributed by atoms with Crippen molar-refractivity contribution >= 4 is 11.9 Å². The van der Waals surface area contributed by atoms with Gasteiger partial charge in [-0.1, -0.05) is 40.0 Å². The van der Waals surface area contributed by atoms with E-state index < -0.39 is 0 Å². The lowest BCUT2D eigenvalue weighted by atomic mass is 10.0. The van der Waals surface area contributed by atoms with Gasteiger partial charge in [-0.2, -0.15) is 5.10 Å². The summed E-state index contributed by atoms with van der Waals surface area (Å²) in [6, 6.07) is 0. The minimum atomic E-state index is 0.677. The fraction of sp³-hybridized carbons (Fsp3) is 0.867. The number of ether oxygens (including phenoxy) is 1. The predicted molar refractivity (Wildman–Crippen MR) is 84.0 cm³/mol. The number of hydrazone groups is 1. The van der Waals surface area contributed by atoms with Gasteiger partial charge in [0.2, 0.25) is 0 Å². The normalized spacial score (nSPS) is 14.2. The lowest BCUT2D eigenvalue weighted by molar-refractivity contribution is 0.142. The Hall–Kier alpha value is -0.900. The van der Waals surface area contributed by atoms with E-state index in [1.165, 1.54) is 19.3 Å². The van der Waals surface area contributed by atoms with E-state index in [4.69, 9.17) is 10.6 Å². The molecule has 112 valence electrons. The highest BCUT2D eigenvalue weighted by atomic mass is 16.5. The molecule has 0 spiro atoms. The Balaban J connectivity index is 3.63. The van der Waals surface area contributed by atoms with Crippen LogP contribution in [0.2, 0.25) is 0 Å². The van der Waals surface area contributed by atoms with Crippen LogP contribution in [0.5, 0.6) is 0 Å². The van der Waals surface area contributed by atoms with Crippen molar-refractivity contribution in [2.24, 2.45) is 21.9 Å². The van der Waals surface area contributed by atoms with E-state index in [2.05, 4.69) is 30.9 Å². The summed E-state index contributed by atoms with van der Waals surface area (Å²) in [6.07, 6.45) is 8.69. The number of hydrogen-bond acceptors (Lipinski definition) is 4. The van der Waals surface area contributed by atoms with Crippen molar-refractivity contribution in [2.75, 3.05) is 19.8 Å². The Labute approximate surface area is 118 Å². The molecule has 0 aliphatic carbocycles. The minimum Gasteiger partial charge on any atom is -0.380 e. The van der Waals surface area contributed by atoms with Crippen molar-refractivity contribution in [2.45, 2.75) is 59.3 Å². The molecule has 0 radical (unpaired) electrons. The predicted octanol–water partition coefficient (Wildman–Crippen LogP) is 3.41. The van der Waals surface area contributed by atoms with Crippen LogP contribution in [0, 0.1) is 5.92 Å². The van der Waals surface area contributed by atoms with Crippen molar-refractivity contribution in [3.8, 4) is 0 Å². The minimum absolute atomic E-state index is 0.677. The van der Waals surface area contributed by atoms with Crippen LogP contribution in [0.1, 0.15) is 59.3 Å². The van der Waals surface area contributed by atoms with Crippen molar-refractivity contribution in [1.82, 2.24) is 0 Å². The van der Waals surface area contributed by atoms with Gasteiger partial charge < -0.3 is 10.6 Å². The molecule has 0 bridgehead atoms. The maximum absolute atomic E-state index is 5.37. The first-order valence-electron chi connectivity index (χ1n) is 7.58. The van der Waals surface area contributed by atoms with E-state index in [0.29, 0.717) is 13.2 Å². The SMILES string of the molecule is CCCOCCN=C/C(CCCCC(C)CC)=N\N. The summed E-state index contributed by atoms with van der Waals surface area (Å²) in [5.74, 6) is 6.19. The van der Waals surface area contributed by atoms with Crippen LogP contribution in [-0.2, 0) is 4.74 Å². The van der Waals surface area contributed by atoms with E-state index in [9.17, 15) is 0 Å². The summed E-state index contributed by atoms with van der Waals surface area (Å²) >= 11 is 0. The van der Waals surface area contributed by atoms with Gasteiger partial charge in [-0.15, -0.1) is 0 Å². The topological polar surface area (TPSA) is 60.0 Å². The zero-order valence-corrected chi connectivity index (χ0v) is 12.9. The Morgan fingerprint density at radius 2 is 2.05 bits per heavy atom. The molecule has 0 rings (SSSR count). The summed E-state index contributed by atoms with van der Waals surface area (Å²) in [5, 5.41) is 3.79. The van der Waals surface area contributed by atoms with Crippen LogP contribution < -0.4 is 5.84 Å². The molecule has 0 aromatic heterocycles. The first-order valence-corrected chi connectivity index (χ1v) is 7.58.